The fourth-order valence-electron chi connectivity index (χ4n) is 1.58. The molecule has 0 spiro atoms. The van der Waals surface area contributed by atoms with Gasteiger partial charge in [-0.3, -0.25) is 0 Å². The molecule has 0 atom stereocenters. The molecule has 0 radical (unpaired) electrons. The summed E-state index contributed by atoms with van der Waals surface area (Å²) in [6, 6.07) is 4.09. The van der Waals surface area contributed by atoms with Gasteiger partial charge in [-0.1, -0.05) is 13.8 Å². The minimum Gasteiger partial charge on any atom is -0.349 e. The van der Waals surface area contributed by atoms with E-state index >= 15 is 0 Å². The highest BCUT2D eigenvalue weighted by atomic mass is 79.9. The Bertz CT molecular complexity index is 537. The number of thiophene rings is 1. The topological polar surface area (TPSA) is 37.8 Å². The molecule has 0 fully saturated rings. The van der Waals surface area contributed by atoms with Gasteiger partial charge in [-0.15, -0.1) is 11.3 Å². The minimum absolute atomic E-state index is 0.417. The zero-order valence-corrected chi connectivity index (χ0v) is 13.1. The molecule has 1 N–H and O–H groups in total. The van der Waals surface area contributed by atoms with E-state index in [-0.39, 0.29) is 0 Å². The lowest BCUT2D eigenvalue weighted by Gasteiger charge is -2.09. The predicted octanol–water partition coefficient (Wildman–Crippen LogP) is 4.34. The summed E-state index contributed by atoms with van der Waals surface area (Å²) >= 11 is 5.24. The molecule has 0 saturated carbocycles. The molecule has 3 nitrogen and oxygen atoms in total. The standard InChI is InChI=1S/C13H16BrN3S/c1-8(2)11-6-9(3)16-13(17-11)15-7-12-10(14)4-5-18-12/h4-6,8H,7H2,1-3H3,(H,15,16,17). The van der Waals surface area contributed by atoms with Crippen LogP contribution in [0.1, 0.15) is 36.0 Å². The van der Waals surface area contributed by atoms with Crippen LogP contribution in [0.15, 0.2) is 22.0 Å². The summed E-state index contributed by atoms with van der Waals surface area (Å²) in [4.78, 5) is 10.2. The van der Waals surface area contributed by atoms with Gasteiger partial charge in [0.05, 0.1) is 6.54 Å². The van der Waals surface area contributed by atoms with Gasteiger partial charge >= 0.3 is 0 Å². The van der Waals surface area contributed by atoms with Gasteiger partial charge in [0.2, 0.25) is 5.95 Å². The molecule has 0 unspecified atom stereocenters. The van der Waals surface area contributed by atoms with Crippen molar-refractivity contribution in [1.82, 2.24) is 9.97 Å². The van der Waals surface area contributed by atoms with E-state index in [1.165, 1.54) is 4.88 Å². The first kappa shape index (κ1) is 13.5. The third-order valence-electron chi connectivity index (χ3n) is 2.56. The van der Waals surface area contributed by atoms with Gasteiger partial charge in [-0.25, -0.2) is 9.97 Å². The van der Waals surface area contributed by atoms with Crippen LogP contribution in [-0.4, -0.2) is 9.97 Å². The van der Waals surface area contributed by atoms with Gasteiger partial charge in [0.1, 0.15) is 0 Å². The molecule has 0 aliphatic heterocycles. The van der Waals surface area contributed by atoms with E-state index in [9.17, 15) is 0 Å². The Morgan fingerprint density at radius 1 is 1.39 bits per heavy atom. The van der Waals surface area contributed by atoms with Gasteiger partial charge in [-0.05, 0) is 46.3 Å². The molecule has 0 aliphatic rings. The van der Waals surface area contributed by atoms with Crippen molar-refractivity contribution < 1.29 is 0 Å². The number of nitrogens with zero attached hydrogens (tertiary/aromatic N) is 2. The van der Waals surface area contributed by atoms with Crippen LogP contribution in [-0.2, 0) is 6.54 Å². The second-order valence-electron chi connectivity index (χ2n) is 4.46. The van der Waals surface area contributed by atoms with Gasteiger partial charge in [0.25, 0.3) is 0 Å². The number of rotatable bonds is 4. The third kappa shape index (κ3) is 3.29. The molecule has 2 heterocycles. The fraction of sp³-hybridized carbons (Fsp3) is 0.385. The van der Waals surface area contributed by atoms with E-state index in [0.29, 0.717) is 11.9 Å². The normalized spacial score (nSPS) is 10.9. The maximum absolute atomic E-state index is 4.53. The molecular formula is C13H16BrN3S. The Morgan fingerprint density at radius 2 is 2.17 bits per heavy atom. The SMILES string of the molecule is Cc1cc(C(C)C)nc(NCc2sccc2Br)n1. The molecule has 0 aliphatic carbocycles. The van der Waals surface area contributed by atoms with E-state index in [1.807, 2.05) is 13.0 Å². The summed E-state index contributed by atoms with van der Waals surface area (Å²) < 4.78 is 1.14. The number of hydrogen-bond donors (Lipinski definition) is 1. The molecule has 2 rings (SSSR count). The molecular weight excluding hydrogens is 310 g/mol. The van der Waals surface area contributed by atoms with Gasteiger partial charge in [0, 0.05) is 20.7 Å². The van der Waals surface area contributed by atoms with Crippen molar-refractivity contribution in [1.29, 1.82) is 0 Å². The molecule has 96 valence electrons. The highest BCUT2D eigenvalue weighted by Crippen LogP contribution is 2.23. The largest absolute Gasteiger partial charge is 0.349 e. The van der Waals surface area contributed by atoms with E-state index < -0.39 is 0 Å². The van der Waals surface area contributed by atoms with Crippen LogP contribution in [0, 0.1) is 6.92 Å². The van der Waals surface area contributed by atoms with Crippen molar-refractivity contribution in [2.24, 2.45) is 0 Å². The molecule has 0 bridgehead atoms. The Balaban J connectivity index is 2.12. The Labute approximate surface area is 120 Å². The number of aromatic nitrogens is 2. The lowest BCUT2D eigenvalue weighted by molar-refractivity contribution is 0.808. The van der Waals surface area contributed by atoms with Crippen molar-refractivity contribution in [3.8, 4) is 0 Å². The second kappa shape index (κ2) is 5.80. The first-order valence-corrected chi connectivity index (χ1v) is 7.55. The Morgan fingerprint density at radius 3 is 2.78 bits per heavy atom. The van der Waals surface area contributed by atoms with Crippen LogP contribution in [0.25, 0.3) is 0 Å². The fourth-order valence-corrected chi connectivity index (χ4v) is 3.01. The summed E-state index contributed by atoms with van der Waals surface area (Å²) in [6.45, 7) is 7.03. The van der Waals surface area contributed by atoms with Crippen molar-refractivity contribution >= 4 is 33.2 Å². The quantitative estimate of drug-likeness (QED) is 0.908. The van der Waals surface area contributed by atoms with E-state index in [1.54, 1.807) is 11.3 Å². The highest BCUT2D eigenvalue weighted by molar-refractivity contribution is 9.10. The summed E-state index contributed by atoms with van der Waals surface area (Å²) in [5.41, 5.74) is 2.08. The third-order valence-corrected chi connectivity index (χ3v) is 4.49. The average molecular weight is 326 g/mol. The predicted molar refractivity (Wildman–Crippen MR) is 80.2 cm³/mol. The highest BCUT2D eigenvalue weighted by Gasteiger charge is 2.07. The van der Waals surface area contributed by atoms with Crippen molar-refractivity contribution in [3.05, 3.63) is 38.3 Å². The Kier molecular flexibility index (Phi) is 4.35. The molecule has 2 aromatic heterocycles. The van der Waals surface area contributed by atoms with Crippen LogP contribution >= 0.6 is 27.3 Å². The van der Waals surface area contributed by atoms with E-state index in [0.717, 1.165) is 22.4 Å². The maximum Gasteiger partial charge on any atom is 0.223 e. The monoisotopic (exact) mass is 325 g/mol. The smallest absolute Gasteiger partial charge is 0.223 e. The lowest BCUT2D eigenvalue weighted by atomic mass is 10.1. The van der Waals surface area contributed by atoms with Crippen molar-refractivity contribution in [3.63, 3.8) is 0 Å². The van der Waals surface area contributed by atoms with Crippen LogP contribution in [0.2, 0.25) is 0 Å². The van der Waals surface area contributed by atoms with Crippen LogP contribution < -0.4 is 5.32 Å². The summed E-state index contributed by atoms with van der Waals surface area (Å²) in [7, 11) is 0. The zero-order valence-electron chi connectivity index (χ0n) is 10.7. The van der Waals surface area contributed by atoms with E-state index in [2.05, 4.69) is 56.5 Å². The maximum atomic E-state index is 4.53. The molecule has 0 saturated heterocycles. The number of halogens is 1. The Hall–Kier alpha value is -0.940. The molecule has 5 heteroatoms. The molecule has 18 heavy (non-hydrogen) atoms. The summed E-state index contributed by atoms with van der Waals surface area (Å²) in [5, 5.41) is 5.35. The second-order valence-corrected chi connectivity index (χ2v) is 6.31. The number of nitrogens with one attached hydrogen (secondary N) is 1. The van der Waals surface area contributed by atoms with Crippen molar-refractivity contribution in [2.45, 2.75) is 33.2 Å². The van der Waals surface area contributed by atoms with Gasteiger partial charge in [-0.2, -0.15) is 0 Å². The van der Waals surface area contributed by atoms with Crippen LogP contribution in [0.5, 0.6) is 0 Å². The summed E-state index contributed by atoms with van der Waals surface area (Å²) in [6.07, 6.45) is 0. The number of anilines is 1. The summed E-state index contributed by atoms with van der Waals surface area (Å²) in [5.74, 6) is 1.12. The molecule has 0 aromatic carbocycles. The lowest BCUT2D eigenvalue weighted by Crippen LogP contribution is -2.06. The molecule has 2 aromatic rings. The van der Waals surface area contributed by atoms with Crippen molar-refractivity contribution in [2.75, 3.05) is 5.32 Å². The first-order valence-electron chi connectivity index (χ1n) is 5.87. The van der Waals surface area contributed by atoms with Crippen LogP contribution in [0.4, 0.5) is 5.95 Å². The van der Waals surface area contributed by atoms with Gasteiger partial charge in [0.15, 0.2) is 0 Å². The number of hydrogen-bond acceptors (Lipinski definition) is 4. The zero-order chi connectivity index (χ0) is 13.1. The minimum atomic E-state index is 0.417. The van der Waals surface area contributed by atoms with E-state index in [4.69, 9.17) is 0 Å². The average Bonchev–Trinajstić information content (AvgIpc) is 2.71. The first-order chi connectivity index (χ1) is 8.56. The van der Waals surface area contributed by atoms with Crippen LogP contribution in [0.3, 0.4) is 0 Å². The number of aryl methyl sites for hydroxylation is 1. The van der Waals surface area contributed by atoms with Gasteiger partial charge < -0.3 is 5.32 Å². The molecule has 0 amide bonds.